The van der Waals surface area contributed by atoms with E-state index in [-0.39, 0.29) is 0 Å². The number of hydrogen-bond donors (Lipinski definition) is 0. The standard InChI is InChI=1S/C22H44FNO2/c1-3-5-7-9-11-13-15-17-24(19-20-26-22(25)21-23)18-16-14-12-10-8-6-4-2/h3-21H2,1-2H3. The molecule has 0 N–H and O–H groups in total. The zero-order valence-corrected chi connectivity index (χ0v) is 17.6. The third-order valence-electron chi connectivity index (χ3n) is 4.94. The highest BCUT2D eigenvalue weighted by atomic mass is 19.1. The van der Waals surface area contributed by atoms with Gasteiger partial charge in [-0.1, -0.05) is 90.9 Å². The number of carbonyl (C=O) groups is 1. The number of rotatable bonds is 20. The molecule has 0 bridgehead atoms. The van der Waals surface area contributed by atoms with E-state index in [0.29, 0.717) is 6.61 Å². The van der Waals surface area contributed by atoms with Gasteiger partial charge in [0.15, 0.2) is 6.67 Å². The van der Waals surface area contributed by atoms with Gasteiger partial charge >= 0.3 is 5.97 Å². The second-order valence-corrected chi connectivity index (χ2v) is 7.44. The highest BCUT2D eigenvalue weighted by molar-refractivity contribution is 5.70. The molecule has 0 radical (unpaired) electrons. The molecule has 0 saturated carbocycles. The van der Waals surface area contributed by atoms with Crippen LogP contribution >= 0.6 is 0 Å². The van der Waals surface area contributed by atoms with Gasteiger partial charge in [-0.05, 0) is 25.9 Å². The monoisotopic (exact) mass is 373 g/mol. The first-order valence-electron chi connectivity index (χ1n) is 11.2. The number of esters is 1. The highest BCUT2D eigenvalue weighted by Gasteiger charge is 2.07. The van der Waals surface area contributed by atoms with Crippen molar-refractivity contribution in [2.24, 2.45) is 0 Å². The van der Waals surface area contributed by atoms with Gasteiger partial charge in [-0.3, -0.25) is 4.90 Å². The molecular formula is C22H44FNO2. The van der Waals surface area contributed by atoms with Crippen LogP contribution in [0.4, 0.5) is 4.39 Å². The number of unbranched alkanes of at least 4 members (excludes halogenated alkanes) is 12. The maximum atomic E-state index is 12.2. The van der Waals surface area contributed by atoms with Gasteiger partial charge in [0.25, 0.3) is 0 Å². The minimum absolute atomic E-state index is 0.315. The van der Waals surface area contributed by atoms with Crippen molar-refractivity contribution in [2.75, 3.05) is 32.9 Å². The minimum Gasteiger partial charge on any atom is -0.462 e. The molecule has 0 aliphatic rings. The first-order chi connectivity index (χ1) is 12.7. The number of carbonyl (C=O) groups excluding carboxylic acids is 1. The summed E-state index contributed by atoms with van der Waals surface area (Å²) in [6.45, 7) is 6.66. The number of nitrogens with zero attached hydrogens (tertiary/aromatic N) is 1. The van der Waals surface area contributed by atoms with Gasteiger partial charge < -0.3 is 4.74 Å². The lowest BCUT2D eigenvalue weighted by Gasteiger charge is -2.22. The Labute approximate surface area is 162 Å². The molecule has 0 aromatic heterocycles. The van der Waals surface area contributed by atoms with E-state index in [9.17, 15) is 9.18 Å². The highest BCUT2D eigenvalue weighted by Crippen LogP contribution is 2.10. The average Bonchev–Trinajstić information content (AvgIpc) is 2.65. The van der Waals surface area contributed by atoms with E-state index in [4.69, 9.17) is 4.74 Å². The second-order valence-electron chi connectivity index (χ2n) is 7.44. The van der Waals surface area contributed by atoms with Gasteiger partial charge in [-0.25, -0.2) is 9.18 Å². The van der Waals surface area contributed by atoms with Crippen molar-refractivity contribution in [2.45, 2.75) is 104 Å². The lowest BCUT2D eigenvalue weighted by atomic mass is 10.1. The molecule has 0 aliphatic carbocycles. The van der Waals surface area contributed by atoms with Crippen LogP contribution in [0.5, 0.6) is 0 Å². The summed E-state index contributed by atoms with van der Waals surface area (Å²) in [5, 5.41) is 0. The zero-order chi connectivity index (χ0) is 19.3. The van der Waals surface area contributed by atoms with Crippen LogP contribution in [0.15, 0.2) is 0 Å². The van der Waals surface area contributed by atoms with Gasteiger partial charge in [-0.2, -0.15) is 0 Å². The van der Waals surface area contributed by atoms with Gasteiger partial charge in [0.05, 0.1) is 0 Å². The predicted octanol–water partition coefficient (Wildman–Crippen LogP) is 6.30. The summed E-state index contributed by atoms with van der Waals surface area (Å²) in [6.07, 6.45) is 18.3. The first kappa shape index (κ1) is 25.4. The predicted molar refractivity (Wildman–Crippen MR) is 109 cm³/mol. The van der Waals surface area contributed by atoms with Crippen molar-refractivity contribution in [1.29, 1.82) is 0 Å². The van der Waals surface area contributed by atoms with Crippen molar-refractivity contribution >= 4 is 5.97 Å². The van der Waals surface area contributed by atoms with E-state index < -0.39 is 12.6 Å². The number of alkyl halides is 1. The number of hydrogen-bond acceptors (Lipinski definition) is 3. The van der Waals surface area contributed by atoms with Crippen molar-refractivity contribution in [3.8, 4) is 0 Å². The number of ether oxygens (including phenoxy) is 1. The average molecular weight is 374 g/mol. The van der Waals surface area contributed by atoms with Crippen molar-refractivity contribution in [1.82, 2.24) is 4.90 Å². The van der Waals surface area contributed by atoms with Crippen molar-refractivity contribution in [3.05, 3.63) is 0 Å². The van der Waals surface area contributed by atoms with Crippen LogP contribution in [-0.2, 0) is 9.53 Å². The van der Waals surface area contributed by atoms with E-state index in [0.717, 1.165) is 19.6 Å². The lowest BCUT2D eigenvalue weighted by molar-refractivity contribution is -0.145. The van der Waals surface area contributed by atoms with Crippen molar-refractivity contribution in [3.63, 3.8) is 0 Å². The summed E-state index contributed by atoms with van der Waals surface area (Å²) < 4.78 is 17.1. The van der Waals surface area contributed by atoms with E-state index >= 15 is 0 Å². The van der Waals surface area contributed by atoms with Crippen LogP contribution in [0.25, 0.3) is 0 Å². The molecular weight excluding hydrogens is 329 g/mol. The van der Waals surface area contributed by atoms with Crippen LogP contribution in [0.1, 0.15) is 104 Å². The summed E-state index contributed by atoms with van der Waals surface area (Å²) in [5.74, 6) is -0.739. The van der Waals surface area contributed by atoms with Gasteiger partial charge in [-0.15, -0.1) is 0 Å². The fourth-order valence-corrected chi connectivity index (χ4v) is 3.25. The van der Waals surface area contributed by atoms with Crippen LogP contribution in [0.2, 0.25) is 0 Å². The first-order valence-corrected chi connectivity index (χ1v) is 11.2. The third kappa shape index (κ3) is 18.2. The molecule has 0 aliphatic heterocycles. The molecule has 0 amide bonds. The lowest BCUT2D eigenvalue weighted by Crippen LogP contribution is -2.30. The summed E-state index contributed by atoms with van der Waals surface area (Å²) >= 11 is 0. The van der Waals surface area contributed by atoms with Gasteiger partial charge in [0.1, 0.15) is 6.61 Å². The normalized spacial score (nSPS) is 11.2. The van der Waals surface area contributed by atoms with Crippen LogP contribution in [0, 0.1) is 0 Å². The second kappa shape index (κ2) is 20.7. The van der Waals surface area contributed by atoms with Gasteiger partial charge in [0, 0.05) is 6.54 Å². The van der Waals surface area contributed by atoms with Crippen LogP contribution < -0.4 is 0 Å². The summed E-state index contributed by atoms with van der Waals surface area (Å²) in [5.41, 5.74) is 0. The summed E-state index contributed by atoms with van der Waals surface area (Å²) in [4.78, 5) is 13.3. The Hall–Kier alpha value is -0.640. The quantitative estimate of drug-likeness (QED) is 0.185. The fraction of sp³-hybridized carbons (Fsp3) is 0.955. The Kier molecular flexibility index (Phi) is 20.2. The molecule has 0 unspecified atom stereocenters. The smallest absolute Gasteiger partial charge is 0.337 e. The fourth-order valence-electron chi connectivity index (χ4n) is 3.25. The van der Waals surface area contributed by atoms with E-state index in [1.807, 2.05) is 0 Å². The molecule has 0 fully saturated rings. The van der Waals surface area contributed by atoms with Crippen molar-refractivity contribution < 1.29 is 13.9 Å². The molecule has 26 heavy (non-hydrogen) atoms. The molecule has 0 atom stereocenters. The largest absolute Gasteiger partial charge is 0.462 e. The number of halogens is 1. The molecule has 0 saturated heterocycles. The Morgan fingerprint density at radius 1 is 0.692 bits per heavy atom. The van der Waals surface area contributed by atoms with Gasteiger partial charge in [0.2, 0.25) is 0 Å². The summed E-state index contributed by atoms with van der Waals surface area (Å²) in [7, 11) is 0. The SMILES string of the molecule is CCCCCCCCCN(CCCCCCCCC)CCOC(=O)CF. The molecule has 156 valence electrons. The zero-order valence-electron chi connectivity index (χ0n) is 17.6. The Balaban J connectivity index is 3.84. The molecule has 0 spiro atoms. The maximum absolute atomic E-state index is 12.2. The molecule has 0 rings (SSSR count). The molecule has 0 aromatic carbocycles. The summed E-state index contributed by atoms with van der Waals surface area (Å²) in [6, 6.07) is 0. The molecule has 3 nitrogen and oxygen atoms in total. The van der Waals surface area contributed by atoms with Crippen LogP contribution in [0.3, 0.4) is 0 Å². The van der Waals surface area contributed by atoms with Crippen LogP contribution in [-0.4, -0.2) is 43.8 Å². The molecule has 4 heteroatoms. The minimum atomic E-state index is -1.02. The Morgan fingerprint density at radius 2 is 1.12 bits per heavy atom. The Bertz CT molecular complexity index is 282. The Morgan fingerprint density at radius 3 is 1.54 bits per heavy atom. The van der Waals surface area contributed by atoms with E-state index in [1.165, 1.54) is 89.9 Å². The molecule has 0 aromatic rings. The maximum Gasteiger partial charge on any atom is 0.337 e. The molecule has 0 heterocycles. The van der Waals surface area contributed by atoms with E-state index in [2.05, 4.69) is 18.7 Å². The third-order valence-corrected chi connectivity index (χ3v) is 4.94. The van der Waals surface area contributed by atoms with E-state index in [1.54, 1.807) is 0 Å². The topological polar surface area (TPSA) is 29.5 Å².